The minimum Gasteiger partial charge on any atom is -0.454 e. The number of rotatable bonds is 4. The van der Waals surface area contributed by atoms with E-state index in [-0.39, 0.29) is 24.3 Å². The highest BCUT2D eigenvalue weighted by molar-refractivity contribution is 5.79. The highest BCUT2D eigenvalue weighted by Crippen LogP contribution is 2.38. The average Bonchev–Trinajstić information content (AvgIpc) is 3.37. The summed E-state index contributed by atoms with van der Waals surface area (Å²) in [6.07, 6.45) is 0.343. The lowest BCUT2D eigenvalue weighted by atomic mass is 9.87. The van der Waals surface area contributed by atoms with E-state index in [1.54, 1.807) is 0 Å². The Balaban J connectivity index is 1.49. The molecule has 31 heavy (non-hydrogen) atoms. The van der Waals surface area contributed by atoms with Crippen LogP contribution in [0.2, 0.25) is 0 Å². The maximum absolute atomic E-state index is 13.3. The summed E-state index contributed by atoms with van der Waals surface area (Å²) in [6.45, 7) is 4.69. The normalized spacial score (nSPS) is 19.7. The van der Waals surface area contributed by atoms with E-state index in [1.807, 2.05) is 41.3 Å². The van der Waals surface area contributed by atoms with Gasteiger partial charge in [-0.1, -0.05) is 12.1 Å². The summed E-state index contributed by atoms with van der Waals surface area (Å²) in [7, 11) is 2.09. The van der Waals surface area contributed by atoms with E-state index in [4.69, 9.17) is 9.47 Å². The first kappa shape index (κ1) is 19.7. The number of piperazine rings is 1. The van der Waals surface area contributed by atoms with Crippen molar-refractivity contribution >= 4 is 16.9 Å². The minimum atomic E-state index is -0.241. The van der Waals surface area contributed by atoms with Crippen LogP contribution in [-0.2, 0) is 4.79 Å². The number of fused-ring (bicyclic) bond motifs is 2. The van der Waals surface area contributed by atoms with Gasteiger partial charge in [-0.15, -0.1) is 0 Å². The number of H-pyrrole nitrogens is 2. The van der Waals surface area contributed by atoms with Crippen LogP contribution in [0, 0.1) is 0 Å². The molecule has 2 unspecified atom stereocenters. The fourth-order valence-electron chi connectivity index (χ4n) is 4.40. The molecule has 0 saturated carbocycles. The smallest absolute Gasteiger partial charge is 0.323 e. The number of aromatic nitrogens is 2. The summed E-state index contributed by atoms with van der Waals surface area (Å²) in [5.41, 5.74) is 3.19. The number of hydrogen-bond donors (Lipinski definition) is 2. The van der Waals surface area contributed by atoms with E-state index < -0.39 is 0 Å². The van der Waals surface area contributed by atoms with Gasteiger partial charge in [-0.3, -0.25) is 4.79 Å². The summed E-state index contributed by atoms with van der Waals surface area (Å²) in [5, 5.41) is 0. The number of nitrogens with one attached hydrogen (secondary N) is 2. The Labute approximate surface area is 179 Å². The Hall–Kier alpha value is -3.26. The van der Waals surface area contributed by atoms with Crippen molar-refractivity contribution in [2.24, 2.45) is 0 Å². The van der Waals surface area contributed by atoms with Gasteiger partial charge in [0.25, 0.3) is 0 Å². The molecular weight excluding hydrogens is 396 g/mol. The van der Waals surface area contributed by atoms with E-state index in [0.29, 0.717) is 24.0 Å². The van der Waals surface area contributed by atoms with Crippen molar-refractivity contribution in [3.63, 3.8) is 0 Å². The number of amides is 1. The molecule has 2 aliphatic heterocycles. The fraction of sp³-hybridized carbons (Fsp3) is 0.391. The molecule has 8 nitrogen and oxygen atoms in total. The maximum Gasteiger partial charge on any atom is 0.323 e. The van der Waals surface area contributed by atoms with Gasteiger partial charge in [0, 0.05) is 38.0 Å². The SMILES string of the molecule is CC1CN(C(=O)CC(c2ccc3c(c2)OCO3)c2ccc3[nH]c(=O)[nH]c3c2)CCN1C. The summed E-state index contributed by atoms with van der Waals surface area (Å²) >= 11 is 0. The van der Waals surface area contributed by atoms with Gasteiger partial charge in [0.05, 0.1) is 11.0 Å². The van der Waals surface area contributed by atoms with Crippen LogP contribution >= 0.6 is 0 Å². The molecule has 1 aromatic heterocycles. The molecular formula is C23H26N4O4. The molecule has 1 saturated heterocycles. The topological polar surface area (TPSA) is 90.7 Å². The highest BCUT2D eigenvalue weighted by atomic mass is 16.7. The zero-order valence-electron chi connectivity index (χ0n) is 17.7. The monoisotopic (exact) mass is 422 g/mol. The minimum absolute atomic E-state index is 0.130. The molecule has 5 rings (SSSR count). The van der Waals surface area contributed by atoms with Crippen molar-refractivity contribution in [3.05, 3.63) is 58.0 Å². The van der Waals surface area contributed by atoms with Gasteiger partial charge in [0.2, 0.25) is 12.7 Å². The van der Waals surface area contributed by atoms with Crippen LogP contribution in [-0.4, -0.2) is 65.2 Å². The summed E-state index contributed by atoms with van der Waals surface area (Å²) in [6, 6.07) is 12.0. The Kier molecular flexibility index (Phi) is 4.94. The number of carbonyl (C=O) groups is 1. The second-order valence-corrected chi connectivity index (χ2v) is 8.42. The largest absolute Gasteiger partial charge is 0.454 e. The molecule has 0 aliphatic carbocycles. The van der Waals surface area contributed by atoms with Crippen LogP contribution in [0.3, 0.4) is 0 Å². The summed E-state index contributed by atoms with van der Waals surface area (Å²) < 4.78 is 11.0. The molecule has 1 fully saturated rings. The van der Waals surface area contributed by atoms with Gasteiger partial charge >= 0.3 is 5.69 Å². The van der Waals surface area contributed by atoms with Gasteiger partial charge < -0.3 is 29.2 Å². The third-order valence-corrected chi connectivity index (χ3v) is 6.43. The molecule has 2 aromatic carbocycles. The van der Waals surface area contributed by atoms with Crippen molar-refractivity contribution in [1.82, 2.24) is 19.8 Å². The molecule has 0 radical (unpaired) electrons. The van der Waals surface area contributed by atoms with Crippen molar-refractivity contribution < 1.29 is 14.3 Å². The number of likely N-dealkylation sites (N-methyl/N-ethyl adjacent to an activating group) is 1. The molecule has 2 N–H and O–H groups in total. The van der Waals surface area contributed by atoms with Crippen molar-refractivity contribution in [3.8, 4) is 11.5 Å². The molecule has 3 heterocycles. The van der Waals surface area contributed by atoms with Gasteiger partial charge in [0.15, 0.2) is 11.5 Å². The summed E-state index contributed by atoms with van der Waals surface area (Å²) in [5.74, 6) is 1.37. The Bertz CT molecular complexity index is 1180. The molecule has 2 atom stereocenters. The lowest BCUT2D eigenvalue weighted by molar-refractivity contribution is -0.134. The number of imidazole rings is 1. The number of benzene rings is 2. The zero-order valence-corrected chi connectivity index (χ0v) is 17.7. The van der Waals surface area contributed by atoms with E-state index in [9.17, 15) is 9.59 Å². The van der Waals surface area contributed by atoms with Crippen LogP contribution in [0.5, 0.6) is 11.5 Å². The van der Waals surface area contributed by atoms with Gasteiger partial charge in [-0.05, 0) is 49.4 Å². The Morgan fingerprint density at radius 1 is 1.06 bits per heavy atom. The number of hydrogen-bond acceptors (Lipinski definition) is 5. The molecule has 0 bridgehead atoms. The molecule has 8 heteroatoms. The second-order valence-electron chi connectivity index (χ2n) is 8.42. The fourth-order valence-corrected chi connectivity index (χ4v) is 4.40. The van der Waals surface area contributed by atoms with Crippen molar-refractivity contribution in [1.29, 1.82) is 0 Å². The molecule has 162 valence electrons. The van der Waals surface area contributed by atoms with Crippen molar-refractivity contribution in [2.75, 3.05) is 33.5 Å². The van der Waals surface area contributed by atoms with Crippen LogP contribution < -0.4 is 15.2 Å². The van der Waals surface area contributed by atoms with Crippen LogP contribution in [0.1, 0.15) is 30.4 Å². The lowest BCUT2D eigenvalue weighted by Gasteiger charge is -2.38. The summed E-state index contributed by atoms with van der Waals surface area (Å²) in [4.78, 5) is 34.8. The average molecular weight is 422 g/mol. The molecule has 2 aliphatic rings. The molecule has 0 spiro atoms. The first-order valence-electron chi connectivity index (χ1n) is 10.6. The number of ether oxygens (including phenoxy) is 2. The maximum atomic E-state index is 13.3. The quantitative estimate of drug-likeness (QED) is 0.673. The second kappa shape index (κ2) is 7.77. The predicted octanol–water partition coefficient (Wildman–Crippen LogP) is 2.27. The van der Waals surface area contributed by atoms with Crippen LogP contribution in [0.25, 0.3) is 11.0 Å². The highest BCUT2D eigenvalue weighted by Gasteiger charge is 2.28. The van der Waals surface area contributed by atoms with E-state index >= 15 is 0 Å². The van der Waals surface area contributed by atoms with E-state index in [1.165, 1.54) is 0 Å². The van der Waals surface area contributed by atoms with Gasteiger partial charge in [-0.2, -0.15) is 0 Å². The molecule has 3 aromatic rings. The molecule has 1 amide bonds. The number of carbonyl (C=O) groups excluding carboxylic acids is 1. The van der Waals surface area contributed by atoms with Gasteiger partial charge in [-0.25, -0.2) is 4.79 Å². The van der Waals surface area contributed by atoms with Crippen LogP contribution in [0.4, 0.5) is 0 Å². The first-order chi connectivity index (χ1) is 15.0. The standard InChI is InChI=1S/C23H26N4O4/c1-14-12-27(8-7-26(14)2)22(28)11-17(16-4-6-20-21(10-16)31-13-30-20)15-3-5-18-19(9-15)25-23(29)24-18/h3-6,9-10,14,17H,7-8,11-13H2,1-2H3,(H2,24,25,29). The van der Waals surface area contributed by atoms with E-state index in [0.717, 1.165) is 41.8 Å². The number of nitrogens with zero attached hydrogens (tertiary/aromatic N) is 2. The first-order valence-corrected chi connectivity index (χ1v) is 10.6. The van der Waals surface area contributed by atoms with Gasteiger partial charge in [0.1, 0.15) is 0 Å². The predicted molar refractivity (Wildman–Crippen MR) is 117 cm³/mol. The zero-order chi connectivity index (χ0) is 21.5. The van der Waals surface area contributed by atoms with Crippen molar-refractivity contribution in [2.45, 2.75) is 25.3 Å². The third-order valence-electron chi connectivity index (χ3n) is 6.43. The Morgan fingerprint density at radius 3 is 2.65 bits per heavy atom. The van der Waals surface area contributed by atoms with Crippen LogP contribution in [0.15, 0.2) is 41.2 Å². The lowest BCUT2D eigenvalue weighted by Crippen LogP contribution is -2.52. The Morgan fingerprint density at radius 2 is 1.81 bits per heavy atom. The third kappa shape index (κ3) is 3.79. The van der Waals surface area contributed by atoms with E-state index in [2.05, 4.69) is 28.8 Å². The number of aromatic amines is 2.